The molecule has 1 heterocycles. The molecule has 1 aliphatic rings. The van der Waals surface area contributed by atoms with E-state index in [4.69, 9.17) is 16.3 Å². The van der Waals surface area contributed by atoms with Gasteiger partial charge in [-0.3, -0.25) is 4.79 Å². The van der Waals surface area contributed by atoms with Gasteiger partial charge < -0.3 is 9.64 Å². The lowest BCUT2D eigenvalue weighted by atomic mass is 10.2. The van der Waals surface area contributed by atoms with Crippen molar-refractivity contribution in [3.05, 3.63) is 29.0 Å². The second-order valence-corrected chi connectivity index (χ2v) is 5.48. The van der Waals surface area contributed by atoms with Gasteiger partial charge in [0.1, 0.15) is 11.6 Å². The van der Waals surface area contributed by atoms with Crippen LogP contribution < -0.4 is 4.74 Å². The van der Waals surface area contributed by atoms with Gasteiger partial charge >= 0.3 is 0 Å². The van der Waals surface area contributed by atoms with Gasteiger partial charge in [-0.2, -0.15) is 0 Å². The van der Waals surface area contributed by atoms with E-state index >= 15 is 0 Å². The van der Waals surface area contributed by atoms with E-state index in [0.29, 0.717) is 5.75 Å². The van der Waals surface area contributed by atoms with E-state index in [-0.39, 0.29) is 10.9 Å². The minimum Gasteiger partial charge on any atom is -0.481 e. The lowest BCUT2D eigenvalue weighted by Crippen LogP contribution is -2.41. The zero-order valence-electron chi connectivity index (χ0n) is 11.6. The molecule has 1 aliphatic heterocycles. The van der Waals surface area contributed by atoms with Crippen molar-refractivity contribution >= 4 is 17.5 Å². The maximum absolute atomic E-state index is 13.3. The molecule has 110 valence electrons. The molecule has 1 aromatic rings. The molecule has 0 N–H and O–H groups in total. The number of carbonyl (C=O) groups is 1. The summed E-state index contributed by atoms with van der Waals surface area (Å²) in [6, 6.07) is 4.20. The van der Waals surface area contributed by atoms with Crippen molar-refractivity contribution in [2.75, 3.05) is 13.1 Å². The highest BCUT2D eigenvalue weighted by atomic mass is 35.5. The highest BCUT2D eigenvalue weighted by Crippen LogP contribution is 2.22. The van der Waals surface area contributed by atoms with E-state index < -0.39 is 11.9 Å². The zero-order chi connectivity index (χ0) is 14.5. The first-order valence-electron chi connectivity index (χ1n) is 6.98. The first-order chi connectivity index (χ1) is 9.58. The fraction of sp³-hybridized carbons (Fsp3) is 0.533. The molecule has 1 amide bonds. The van der Waals surface area contributed by atoms with E-state index in [2.05, 4.69) is 0 Å². The molecule has 1 aromatic carbocycles. The predicted molar refractivity (Wildman–Crippen MR) is 76.5 cm³/mol. The van der Waals surface area contributed by atoms with Crippen LogP contribution in [0, 0.1) is 5.82 Å². The summed E-state index contributed by atoms with van der Waals surface area (Å²) < 4.78 is 18.8. The van der Waals surface area contributed by atoms with E-state index in [1.54, 1.807) is 13.0 Å². The maximum atomic E-state index is 13.3. The van der Waals surface area contributed by atoms with Crippen LogP contribution in [-0.4, -0.2) is 30.0 Å². The molecule has 2 rings (SSSR count). The van der Waals surface area contributed by atoms with Crippen molar-refractivity contribution in [1.29, 1.82) is 0 Å². The Hall–Kier alpha value is -1.29. The smallest absolute Gasteiger partial charge is 0.263 e. The molecule has 1 saturated heterocycles. The van der Waals surface area contributed by atoms with Crippen molar-refractivity contribution in [1.82, 2.24) is 4.90 Å². The third-order valence-electron chi connectivity index (χ3n) is 3.47. The normalized spacial score (nSPS) is 17.4. The van der Waals surface area contributed by atoms with Crippen molar-refractivity contribution in [2.24, 2.45) is 0 Å². The SMILES string of the molecule is CC(Oc1ccc(Cl)c(F)c1)C(=O)N1CCCCCC1. The Morgan fingerprint density at radius 2 is 1.95 bits per heavy atom. The summed E-state index contributed by atoms with van der Waals surface area (Å²) in [7, 11) is 0. The molecule has 0 aliphatic carbocycles. The summed E-state index contributed by atoms with van der Waals surface area (Å²) in [6.45, 7) is 3.25. The van der Waals surface area contributed by atoms with Gasteiger partial charge in [0.15, 0.2) is 6.10 Å². The minimum atomic E-state index is -0.617. The second kappa shape index (κ2) is 6.93. The van der Waals surface area contributed by atoms with Crippen LogP contribution in [0.4, 0.5) is 4.39 Å². The number of nitrogens with zero attached hydrogens (tertiary/aromatic N) is 1. The van der Waals surface area contributed by atoms with Crippen LogP contribution in [0.2, 0.25) is 5.02 Å². The van der Waals surface area contributed by atoms with Crippen molar-refractivity contribution < 1.29 is 13.9 Å². The van der Waals surface area contributed by atoms with Crippen molar-refractivity contribution in [2.45, 2.75) is 38.7 Å². The van der Waals surface area contributed by atoms with E-state index in [1.165, 1.54) is 25.0 Å². The average molecular weight is 300 g/mol. The molecular formula is C15H19ClFNO2. The standard InChI is InChI=1S/C15H19ClFNO2/c1-11(15(19)18-8-4-2-3-5-9-18)20-12-6-7-13(16)14(17)10-12/h6-7,10-11H,2-5,8-9H2,1H3. The lowest BCUT2D eigenvalue weighted by Gasteiger charge is -2.24. The van der Waals surface area contributed by atoms with Gasteiger partial charge in [0.05, 0.1) is 5.02 Å². The maximum Gasteiger partial charge on any atom is 0.263 e. The number of rotatable bonds is 3. The van der Waals surface area contributed by atoms with Crippen molar-refractivity contribution in [3.63, 3.8) is 0 Å². The van der Waals surface area contributed by atoms with Gasteiger partial charge in [-0.25, -0.2) is 4.39 Å². The number of ether oxygens (including phenoxy) is 1. The average Bonchev–Trinajstić information content (AvgIpc) is 2.71. The van der Waals surface area contributed by atoms with Gasteiger partial charge in [0, 0.05) is 19.2 Å². The molecule has 1 atom stereocenters. The third-order valence-corrected chi connectivity index (χ3v) is 3.78. The number of amides is 1. The Balaban J connectivity index is 1.97. The van der Waals surface area contributed by atoms with Crippen LogP contribution in [0.15, 0.2) is 18.2 Å². The first kappa shape index (κ1) is 15.1. The second-order valence-electron chi connectivity index (χ2n) is 5.08. The summed E-state index contributed by atoms with van der Waals surface area (Å²) in [4.78, 5) is 14.1. The minimum absolute atomic E-state index is 0.0396. The van der Waals surface area contributed by atoms with Gasteiger partial charge in [-0.15, -0.1) is 0 Å². The molecule has 20 heavy (non-hydrogen) atoms. The summed E-state index contributed by atoms with van der Waals surface area (Å²) in [5, 5.41) is 0.0452. The molecule has 0 bridgehead atoms. The fourth-order valence-corrected chi connectivity index (χ4v) is 2.47. The molecule has 1 unspecified atom stereocenters. The topological polar surface area (TPSA) is 29.5 Å². The molecule has 0 saturated carbocycles. The highest BCUT2D eigenvalue weighted by Gasteiger charge is 2.22. The number of hydrogen-bond acceptors (Lipinski definition) is 2. The monoisotopic (exact) mass is 299 g/mol. The molecule has 5 heteroatoms. The van der Waals surface area contributed by atoms with Gasteiger partial charge in [0.2, 0.25) is 0 Å². The third kappa shape index (κ3) is 3.85. The van der Waals surface area contributed by atoms with Crippen LogP contribution in [-0.2, 0) is 4.79 Å². The van der Waals surface area contributed by atoms with E-state index in [0.717, 1.165) is 25.9 Å². The Bertz CT molecular complexity index is 473. The van der Waals surface area contributed by atoms with Crippen LogP contribution in [0.5, 0.6) is 5.75 Å². The van der Waals surface area contributed by atoms with Crippen LogP contribution >= 0.6 is 11.6 Å². The number of hydrogen-bond donors (Lipinski definition) is 0. The number of carbonyl (C=O) groups excluding carboxylic acids is 1. The summed E-state index contributed by atoms with van der Waals surface area (Å²) in [5.41, 5.74) is 0. The van der Waals surface area contributed by atoms with Gasteiger partial charge in [-0.1, -0.05) is 24.4 Å². The fourth-order valence-electron chi connectivity index (χ4n) is 2.35. The Morgan fingerprint density at radius 3 is 2.55 bits per heavy atom. The summed E-state index contributed by atoms with van der Waals surface area (Å²) >= 11 is 5.61. The molecule has 1 fully saturated rings. The molecule has 0 radical (unpaired) electrons. The Kier molecular flexibility index (Phi) is 5.24. The van der Waals surface area contributed by atoms with E-state index in [1.807, 2.05) is 4.90 Å². The molecule has 0 spiro atoms. The highest BCUT2D eigenvalue weighted by molar-refractivity contribution is 6.30. The van der Waals surface area contributed by atoms with Gasteiger partial charge in [-0.05, 0) is 31.9 Å². The van der Waals surface area contributed by atoms with E-state index in [9.17, 15) is 9.18 Å². The van der Waals surface area contributed by atoms with Crippen molar-refractivity contribution in [3.8, 4) is 5.75 Å². The molecule has 3 nitrogen and oxygen atoms in total. The Morgan fingerprint density at radius 1 is 1.30 bits per heavy atom. The number of benzene rings is 1. The largest absolute Gasteiger partial charge is 0.481 e. The quantitative estimate of drug-likeness (QED) is 0.852. The lowest BCUT2D eigenvalue weighted by molar-refractivity contribution is -0.137. The summed E-state index contributed by atoms with van der Waals surface area (Å²) in [6.07, 6.45) is 3.79. The molecular weight excluding hydrogens is 281 g/mol. The summed E-state index contributed by atoms with van der Waals surface area (Å²) in [5.74, 6) is -0.261. The van der Waals surface area contributed by atoms with Crippen LogP contribution in [0.1, 0.15) is 32.6 Å². The van der Waals surface area contributed by atoms with Crippen LogP contribution in [0.25, 0.3) is 0 Å². The van der Waals surface area contributed by atoms with Crippen LogP contribution in [0.3, 0.4) is 0 Å². The van der Waals surface area contributed by atoms with Gasteiger partial charge in [0.25, 0.3) is 5.91 Å². The zero-order valence-corrected chi connectivity index (χ0v) is 12.3. The number of halogens is 2. The number of likely N-dealkylation sites (tertiary alicyclic amines) is 1. The first-order valence-corrected chi connectivity index (χ1v) is 7.36. The Labute approximate surface area is 123 Å². The molecule has 0 aromatic heterocycles. The predicted octanol–water partition coefficient (Wildman–Crippen LogP) is 3.65.